The maximum Gasteiger partial charge on any atom is 0.326 e. The fourth-order valence-electron chi connectivity index (χ4n) is 1.50. The molecular weight excluding hydrogens is 196 g/mol. The molecule has 0 aliphatic carbocycles. The van der Waals surface area contributed by atoms with E-state index in [-0.39, 0.29) is 18.9 Å². The Bertz CT molecular complexity index is 417. The summed E-state index contributed by atoms with van der Waals surface area (Å²) in [5.41, 5.74) is 5.56. The molecule has 0 atom stereocenters. The Labute approximate surface area is 86.4 Å². The van der Waals surface area contributed by atoms with Crippen LogP contribution in [0.5, 0.6) is 5.75 Å². The predicted octanol–water partition coefficient (Wildman–Crippen LogP) is 0.881. The van der Waals surface area contributed by atoms with Crippen molar-refractivity contribution in [3.63, 3.8) is 0 Å². The van der Waals surface area contributed by atoms with Crippen LogP contribution in [-0.4, -0.2) is 18.5 Å². The molecule has 2 N–H and O–H groups in total. The van der Waals surface area contributed by atoms with Gasteiger partial charge < -0.3 is 10.5 Å². The molecule has 5 heteroatoms. The first-order valence-electron chi connectivity index (χ1n) is 4.54. The van der Waals surface area contributed by atoms with E-state index in [9.17, 15) is 9.59 Å². The number of amides is 3. The number of urea groups is 1. The number of fused-ring (bicyclic) bond motifs is 1. The molecular formula is C10H10N2O3. The minimum Gasteiger partial charge on any atom is -0.491 e. The summed E-state index contributed by atoms with van der Waals surface area (Å²) in [6.07, 6.45) is 0.150. The summed E-state index contributed by atoms with van der Waals surface area (Å²) in [6.45, 7) is 0.264. The number of anilines is 1. The van der Waals surface area contributed by atoms with Gasteiger partial charge in [0.15, 0.2) is 0 Å². The van der Waals surface area contributed by atoms with Crippen molar-refractivity contribution < 1.29 is 14.3 Å². The highest BCUT2D eigenvalue weighted by Gasteiger charge is 2.26. The summed E-state index contributed by atoms with van der Waals surface area (Å²) in [6, 6.07) is 6.04. The molecule has 0 fully saturated rings. The Morgan fingerprint density at radius 3 is 2.87 bits per heavy atom. The van der Waals surface area contributed by atoms with Crippen LogP contribution in [-0.2, 0) is 4.79 Å². The van der Waals surface area contributed by atoms with E-state index >= 15 is 0 Å². The van der Waals surface area contributed by atoms with Crippen LogP contribution >= 0.6 is 0 Å². The van der Waals surface area contributed by atoms with Crippen LogP contribution in [0.1, 0.15) is 6.42 Å². The normalized spacial score (nSPS) is 15.2. The molecule has 5 nitrogen and oxygen atoms in total. The number of rotatable bonds is 0. The highest BCUT2D eigenvalue weighted by molar-refractivity contribution is 6.14. The SMILES string of the molecule is NC(=O)N1C(=O)CCOc2ccccc21. The molecule has 1 aliphatic rings. The summed E-state index contributed by atoms with van der Waals surface area (Å²) < 4.78 is 5.33. The Hall–Kier alpha value is -2.04. The van der Waals surface area contributed by atoms with Gasteiger partial charge in [0.2, 0.25) is 5.91 Å². The zero-order chi connectivity index (χ0) is 10.8. The maximum absolute atomic E-state index is 11.6. The molecule has 1 heterocycles. The van der Waals surface area contributed by atoms with Gasteiger partial charge in [-0.05, 0) is 12.1 Å². The molecule has 0 saturated carbocycles. The first-order valence-corrected chi connectivity index (χ1v) is 4.54. The topological polar surface area (TPSA) is 72.6 Å². The first-order chi connectivity index (χ1) is 7.20. The van der Waals surface area contributed by atoms with Crippen LogP contribution in [0.3, 0.4) is 0 Å². The molecule has 0 aromatic heterocycles. The lowest BCUT2D eigenvalue weighted by Crippen LogP contribution is -2.40. The summed E-state index contributed by atoms with van der Waals surface area (Å²) in [7, 11) is 0. The average molecular weight is 206 g/mol. The summed E-state index contributed by atoms with van der Waals surface area (Å²) in [4.78, 5) is 23.7. The van der Waals surface area contributed by atoms with Gasteiger partial charge in [-0.2, -0.15) is 0 Å². The molecule has 78 valence electrons. The van der Waals surface area contributed by atoms with Crippen LogP contribution in [0.4, 0.5) is 10.5 Å². The molecule has 0 bridgehead atoms. The Balaban J connectivity index is 2.52. The van der Waals surface area contributed by atoms with Crippen LogP contribution in [0, 0.1) is 0 Å². The molecule has 1 aliphatic heterocycles. The minimum absolute atomic E-state index is 0.150. The molecule has 3 amide bonds. The van der Waals surface area contributed by atoms with Crippen molar-refractivity contribution in [1.29, 1.82) is 0 Å². The van der Waals surface area contributed by atoms with Gasteiger partial charge in [0.25, 0.3) is 0 Å². The lowest BCUT2D eigenvalue weighted by atomic mass is 10.2. The molecule has 1 aromatic carbocycles. The standard InChI is InChI=1S/C10H10N2O3/c11-10(14)12-7-3-1-2-4-8(7)15-6-5-9(12)13/h1-4H,5-6H2,(H2,11,14). The van der Waals surface area contributed by atoms with Crippen LogP contribution in [0.15, 0.2) is 24.3 Å². The summed E-state index contributed by atoms with van der Waals surface area (Å²) >= 11 is 0. The van der Waals surface area contributed by atoms with Gasteiger partial charge in [-0.15, -0.1) is 0 Å². The lowest BCUT2D eigenvalue weighted by molar-refractivity contribution is -0.118. The highest BCUT2D eigenvalue weighted by atomic mass is 16.5. The largest absolute Gasteiger partial charge is 0.491 e. The lowest BCUT2D eigenvalue weighted by Gasteiger charge is -2.16. The number of primary amides is 1. The third kappa shape index (κ3) is 1.63. The van der Waals surface area contributed by atoms with Gasteiger partial charge in [-0.1, -0.05) is 12.1 Å². The number of nitrogens with zero attached hydrogens (tertiary/aromatic N) is 1. The van der Waals surface area contributed by atoms with E-state index in [1.807, 2.05) is 0 Å². The van der Waals surface area contributed by atoms with Gasteiger partial charge in [-0.3, -0.25) is 4.79 Å². The third-order valence-corrected chi connectivity index (χ3v) is 2.15. The first kappa shape index (κ1) is 9.51. The number of para-hydroxylation sites is 2. The van der Waals surface area contributed by atoms with E-state index in [2.05, 4.69) is 0 Å². The van der Waals surface area contributed by atoms with Crippen molar-refractivity contribution in [2.75, 3.05) is 11.5 Å². The number of imide groups is 1. The second-order valence-electron chi connectivity index (χ2n) is 3.13. The molecule has 0 unspecified atom stereocenters. The minimum atomic E-state index is -0.780. The number of benzene rings is 1. The Morgan fingerprint density at radius 1 is 1.40 bits per heavy atom. The number of hydrogen-bond acceptors (Lipinski definition) is 3. The van der Waals surface area contributed by atoms with Gasteiger partial charge in [0.1, 0.15) is 5.75 Å². The number of hydrogen-bond donors (Lipinski definition) is 1. The van der Waals surface area contributed by atoms with Crippen molar-refractivity contribution in [2.24, 2.45) is 5.73 Å². The number of carbonyl (C=O) groups is 2. The van der Waals surface area contributed by atoms with E-state index in [1.54, 1.807) is 24.3 Å². The zero-order valence-corrected chi connectivity index (χ0v) is 7.97. The molecule has 0 radical (unpaired) electrons. The fraction of sp³-hybridized carbons (Fsp3) is 0.200. The average Bonchev–Trinajstić information content (AvgIpc) is 2.35. The summed E-state index contributed by atoms with van der Waals surface area (Å²) in [5, 5.41) is 0. The van der Waals surface area contributed by atoms with E-state index < -0.39 is 6.03 Å². The second kappa shape index (κ2) is 3.61. The van der Waals surface area contributed by atoms with Gasteiger partial charge in [0.05, 0.1) is 18.7 Å². The van der Waals surface area contributed by atoms with Crippen molar-refractivity contribution in [3.05, 3.63) is 24.3 Å². The third-order valence-electron chi connectivity index (χ3n) is 2.15. The molecule has 0 saturated heterocycles. The quantitative estimate of drug-likeness (QED) is 0.684. The van der Waals surface area contributed by atoms with Crippen LogP contribution in [0.2, 0.25) is 0 Å². The van der Waals surface area contributed by atoms with E-state index in [0.29, 0.717) is 11.4 Å². The smallest absolute Gasteiger partial charge is 0.326 e. The predicted molar refractivity (Wildman–Crippen MR) is 53.6 cm³/mol. The highest BCUT2D eigenvalue weighted by Crippen LogP contribution is 2.30. The van der Waals surface area contributed by atoms with Crippen molar-refractivity contribution in [2.45, 2.75) is 6.42 Å². The summed E-state index contributed by atoms with van der Waals surface area (Å²) in [5.74, 6) is 0.162. The van der Waals surface area contributed by atoms with Gasteiger partial charge >= 0.3 is 6.03 Å². The second-order valence-corrected chi connectivity index (χ2v) is 3.13. The molecule has 0 spiro atoms. The van der Waals surface area contributed by atoms with Gasteiger partial charge in [-0.25, -0.2) is 9.69 Å². The molecule has 15 heavy (non-hydrogen) atoms. The van der Waals surface area contributed by atoms with Crippen molar-refractivity contribution >= 4 is 17.6 Å². The van der Waals surface area contributed by atoms with E-state index in [0.717, 1.165) is 4.90 Å². The molecule has 1 aromatic rings. The maximum atomic E-state index is 11.6. The van der Waals surface area contributed by atoms with E-state index in [1.165, 1.54) is 0 Å². The van der Waals surface area contributed by atoms with Crippen molar-refractivity contribution in [1.82, 2.24) is 0 Å². The van der Waals surface area contributed by atoms with Gasteiger partial charge in [0, 0.05) is 0 Å². The number of carbonyl (C=O) groups excluding carboxylic acids is 2. The van der Waals surface area contributed by atoms with Crippen LogP contribution in [0.25, 0.3) is 0 Å². The zero-order valence-electron chi connectivity index (χ0n) is 7.97. The van der Waals surface area contributed by atoms with E-state index in [4.69, 9.17) is 10.5 Å². The Morgan fingerprint density at radius 2 is 2.13 bits per heavy atom. The van der Waals surface area contributed by atoms with Crippen molar-refractivity contribution in [3.8, 4) is 5.75 Å². The van der Waals surface area contributed by atoms with Crippen LogP contribution < -0.4 is 15.4 Å². The number of nitrogens with two attached hydrogens (primary N) is 1. The fourth-order valence-corrected chi connectivity index (χ4v) is 1.50. The molecule has 2 rings (SSSR count). The number of ether oxygens (including phenoxy) is 1. The monoisotopic (exact) mass is 206 g/mol. The Kier molecular flexibility index (Phi) is 2.29.